The number of nitrogens with two attached hydrogens (primary N) is 1. The first kappa shape index (κ1) is 22.8. The number of primary sulfonamides is 1. The normalized spacial score (nSPS) is 11.4. The lowest BCUT2D eigenvalue weighted by atomic mass is 10.1. The van der Waals surface area contributed by atoms with Gasteiger partial charge in [-0.3, -0.25) is 10.0 Å². The third-order valence-corrected chi connectivity index (χ3v) is 5.68. The van der Waals surface area contributed by atoms with Gasteiger partial charge in [-0.15, -0.1) is 0 Å². The Bertz CT molecular complexity index is 1210. The van der Waals surface area contributed by atoms with E-state index in [1.807, 2.05) is 0 Å². The zero-order valence-corrected chi connectivity index (χ0v) is 18.3. The number of benzene rings is 2. The van der Waals surface area contributed by atoms with Crippen LogP contribution >= 0.6 is 11.6 Å². The molecule has 9 nitrogen and oxygen atoms in total. The number of nitrogens with zero attached hydrogens (tertiary/aromatic N) is 2. The number of ether oxygens (including phenoxy) is 1. The summed E-state index contributed by atoms with van der Waals surface area (Å²) >= 11 is 6.25. The fourth-order valence-electron chi connectivity index (χ4n) is 2.85. The van der Waals surface area contributed by atoms with E-state index in [2.05, 4.69) is 4.98 Å². The highest BCUT2D eigenvalue weighted by Gasteiger charge is 2.20. The Kier molecular flexibility index (Phi) is 6.65. The first-order chi connectivity index (χ1) is 14.6. The molecule has 164 valence electrons. The minimum atomic E-state index is -3.84. The van der Waals surface area contributed by atoms with E-state index >= 15 is 0 Å². The standard InChI is InChI=1S/C20H20ClN3O6S/c1-24(26)18(25)10-9-17-23-19(13-5-8-16(29-2)15(21)11-13)20(30-17)12-3-6-14(7-4-12)31(22,27)28/h3-8,11,26H,9-10H2,1-2H3,(H2,22,27,28). The van der Waals surface area contributed by atoms with Gasteiger partial charge in [-0.25, -0.2) is 23.6 Å². The minimum absolute atomic E-state index is 0.0138. The topological polar surface area (TPSA) is 136 Å². The lowest BCUT2D eigenvalue weighted by molar-refractivity contribution is -0.159. The summed E-state index contributed by atoms with van der Waals surface area (Å²) in [4.78, 5) is 16.2. The van der Waals surface area contributed by atoms with Gasteiger partial charge in [0.2, 0.25) is 15.9 Å². The Hall–Kier alpha value is -2.92. The van der Waals surface area contributed by atoms with Crippen LogP contribution in [0.5, 0.6) is 5.75 Å². The minimum Gasteiger partial charge on any atom is -0.495 e. The molecule has 0 aliphatic heterocycles. The summed E-state index contributed by atoms with van der Waals surface area (Å²) in [6.07, 6.45) is 0.135. The molecule has 0 aliphatic carbocycles. The first-order valence-electron chi connectivity index (χ1n) is 9.02. The summed E-state index contributed by atoms with van der Waals surface area (Å²) in [5.74, 6) is 0.626. The Morgan fingerprint density at radius 2 is 1.87 bits per heavy atom. The maximum atomic E-state index is 11.7. The molecule has 0 spiro atoms. The monoisotopic (exact) mass is 465 g/mol. The number of halogens is 1. The van der Waals surface area contributed by atoms with Crippen molar-refractivity contribution in [3.8, 4) is 28.3 Å². The molecule has 3 N–H and O–H groups in total. The molecular weight excluding hydrogens is 446 g/mol. The zero-order valence-electron chi connectivity index (χ0n) is 16.7. The van der Waals surface area contributed by atoms with Crippen LogP contribution in [0.1, 0.15) is 12.3 Å². The second-order valence-corrected chi connectivity index (χ2v) is 8.59. The van der Waals surface area contributed by atoms with Crippen LogP contribution in [0.4, 0.5) is 0 Å². The van der Waals surface area contributed by atoms with Gasteiger partial charge in [-0.05, 0) is 42.5 Å². The van der Waals surface area contributed by atoms with E-state index < -0.39 is 15.9 Å². The summed E-state index contributed by atoms with van der Waals surface area (Å²) < 4.78 is 34.1. The highest BCUT2D eigenvalue weighted by Crippen LogP contribution is 2.36. The Morgan fingerprint density at radius 1 is 1.23 bits per heavy atom. The number of sulfonamides is 1. The van der Waals surface area contributed by atoms with Gasteiger partial charge in [0.05, 0.1) is 17.0 Å². The smallest absolute Gasteiger partial charge is 0.246 e. The number of carbonyl (C=O) groups excluding carboxylic acids is 1. The SMILES string of the molecule is COc1ccc(-c2nc(CCC(=O)N(C)O)oc2-c2ccc(S(N)(=O)=O)cc2)cc1Cl. The molecule has 0 aliphatic rings. The lowest BCUT2D eigenvalue weighted by Crippen LogP contribution is -2.22. The molecule has 1 heterocycles. The predicted molar refractivity (Wildman–Crippen MR) is 113 cm³/mol. The highest BCUT2D eigenvalue weighted by molar-refractivity contribution is 7.89. The van der Waals surface area contributed by atoms with E-state index in [9.17, 15) is 18.4 Å². The third-order valence-electron chi connectivity index (χ3n) is 4.46. The second-order valence-electron chi connectivity index (χ2n) is 6.62. The Morgan fingerprint density at radius 3 is 2.42 bits per heavy atom. The molecule has 31 heavy (non-hydrogen) atoms. The number of hydrogen-bond donors (Lipinski definition) is 2. The maximum Gasteiger partial charge on any atom is 0.246 e. The number of rotatable bonds is 7. The van der Waals surface area contributed by atoms with Crippen molar-refractivity contribution in [1.82, 2.24) is 10.0 Å². The number of hydrogen-bond acceptors (Lipinski definition) is 7. The number of amides is 1. The van der Waals surface area contributed by atoms with Gasteiger partial charge in [0.15, 0.2) is 11.7 Å². The predicted octanol–water partition coefficient (Wildman–Crippen LogP) is 3.10. The van der Waals surface area contributed by atoms with Gasteiger partial charge in [0.25, 0.3) is 0 Å². The highest BCUT2D eigenvalue weighted by atomic mass is 35.5. The number of aromatic nitrogens is 1. The number of aryl methyl sites for hydroxylation is 1. The van der Waals surface area contributed by atoms with E-state index in [1.165, 1.54) is 26.3 Å². The molecular formula is C20H20ClN3O6S. The van der Waals surface area contributed by atoms with Gasteiger partial charge >= 0.3 is 0 Å². The van der Waals surface area contributed by atoms with Gasteiger partial charge in [-0.2, -0.15) is 0 Å². The molecule has 2 aromatic carbocycles. The molecule has 0 atom stereocenters. The maximum absolute atomic E-state index is 11.7. The van der Waals surface area contributed by atoms with E-state index in [1.54, 1.807) is 30.3 Å². The first-order valence-corrected chi connectivity index (χ1v) is 10.9. The molecule has 3 rings (SSSR count). The molecule has 3 aromatic rings. The molecule has 0 fully saturated rings. The van der Waals surface area contributed by atoms with Crippen molar-refractivity contribution >= 4 is 27.5 Å². The van der Waals surface area contributed by atoms with Crippen molar-refractivity contribution in [1.29, 1.82) is 0 Å². The second kappa shape index (κ2) is 9.06. The molecule has 0 saturated carbocycles. The van der Waals surface area contributed by atoms with Gasteiger partial charge < -0.3 is 9.15 Å². The van der Waals surface area contributed by atoms with E-state index in [-0.39, 0.29) is 23.6 Å². The summed E-state index contributed by atoms with van der Waals surface area (Å²) in [7, 11) is -1.10. The van der Waals surface area contributed by atoms with Crippen LogP contribution in [0.2, 0.25) is 5.02 Å². The Labute approximate surface area is 184 Å². The van der Waals surface area contributed by atoms with Crippen molar-refractivity contribution in [2.75, 3.05) is 14.2 Å². The van der Waals surface area contributed by atoms with Crippen LogP contribution in [0.15, 0.2) is 51.8 Å². The number of hydroxylamine groups is 2. The summed E-state index contributed by atoms with van der Waals surface area (Å²) in [6.45, 7) is 0. The number of oxazole rings is 1. The van der Waals surface area contributed by atoms with Crippen molar-refractivity contribution in [2.24, 2.45) is 5.14 Å². The number of methoxy groups -OCH3 is 1. The van der Waals surface area contributed by atoms with Crippen molar-refractivity contribution in [3.63, 3.8) is 0 Å². The molecule has 0 unspecified atom stereocenters. The van der Waals surface area contributed by atoms with Crippen molar-refractivity contribution in [3.05, 3.63) is 53.4 Å². The third kappa shape index (κ3) is 5.23. The number of carbonyl (C=O) groups is 1. The molecule has 11 heteroatoms. The van der Waals surface area contributed by atoms with Gasteiger partial charge in [0, 0.05) is 31.0 Å². The van der Waals surface area contributed by atoms with Crippen molar-refractivity contribution < 1.29 is 27.6 Å². The van der Waals surface area contributed by atoms with Crippen LogP contribution in [0, 0.1) is 0 Å². The molecule has 0 radical (unpaired) electrons. The lowest BCUT2D eigenvalue weighted by Gasteiger charge is -2.06. The van der Waals surface area contributed by atoms with Gasteiger partial charge in [-0.1, -0.05) is 11.6 Å². The average molecular weight is 466 g/mol. The molecule has 1 amide bonds. The summed E-state index contributed by atoms with van der Waals surface area (Å²) in [5.41, 5.74) is 1.64. The zero-order chi connectivity index (χ0) is 22.8. The Balaban J connectivity index is 2.05. The van der Waals surface area contributed by atoms with Crippen molar-refractivity contribution in [2.45, 2.75) is 17.7 Å². The van der Waals surface area contributed by atoms with E-state index in [0.29, 0.717) is 38.4 Å². The van der Waals surface area contributed by atoms with Crippen LogP contribution in [0.25, 0.3) is 22.6 Å². The summed E-state index contributed by atoms with van der Waals surface area (Å²) in [5, 5.41) is 15.3. The fourth-order valence-corrected chi connectivity index (χ4v) is 3.62. The van der Waals surface area contributed by atoms with Crippen LogP contribution < -0.4 is 9.88 Å². The van der Waals surface area contributed by atoms with Crippen LogP contribution in [-0.2, 0) is 21.2 Å². The van der Waals surface area contributed by atoms with E-state index in [0.717, 1.165) is 0 Å². The quantitative estimate of drug-likeness (QED) is 0.404. The molecule has 0 bridgehead atoms. The van der Waals surface area contributed by atoms with Crippen LogP contribution in [-0.4, -0.2) is 43.7 Å². The van der Waals surface area contributed by atoms with E-state index in [4.69, 9.17) is 25.9 Å². The summed E-state index contributed by atoms with van der Waals surface area (Å²) in [6, 6.07) is 10.9. The molecule has 1 aromatic heterocycles. The average Bonchev–Trinajstić information content (AvgIpc) is 3.15. The van der Waals surface area contributed by atoms with Gasteiger partial charge in [0.1, 0.15) is 11.4 Å². The largest absolute Gasteiger partial charge is 0.495 e. The molecule has 0 saturated heterocycles. The fraction of sp³-hybridized carbons (Fsp3) is 0.200. The van der Waals surface area contributed by atoms with Crippen LogP contribution in [0.3, 0.4) is 0 Å².